The smallest absolute Gasteiger partial charge is 0.255 e. The van der Waals surface area contributed by atoms with Crippen LogP contribution in [0, 0.1) is 20.8 Å². The third-order valence-corrected chi connectivity index (χ3v) is 7.36. The zero-order chi connectivity index (χ0) is 25.2. The average molecular weight is 491 g/mol. The predicted octanol–water partition coefficient (Wildman–Crippen LogP) is 4.09. The maximum atomic E-state index is 13.0. The van der Waals surface area contributed by atoms with Crippen LogP contribution in [-0.2, 0) is 10.0 Å². The molecule has 1 amide bonds. The van der Waals surface area contributed by atoms with Crippen molar-refractivity contribution in [2.24, 2.45) is 0 Å². The maximum Gasteiger partial charge on any atom is 0.255 e. The number of hydrogen-bond acceptors (Lipinski definition) is 5. The lowest BCUT2D eigenvalue weighted by Crippen LogP contribution is -2.35. The van der Waals surface area contributed by atoms with Gasteiger partial charge in [-0.05, 0) is 50.1 Å². The number of benzene rings is 3. The summed E-state index contributed by atoms with van der Waals surface area (Å²) < 4.78 is 33.9. The number of amides is 1. The van der Waals surface area contributed by atoms with Gasteiger partial charge in [-0.3, -0.25) is 9.59 Å². The first kappa shape index (κ1) is 24.4. The van der Waals surface area contributed by atoms with Crippen molar-refractivity contribution in [3.8, 4) is 11.3 Å². The van der Waals surface area contributed by atoms with E-state index in [2.05, 4.69) is 10.0 Å². The molecule has 0 aliphatic carbocycles. The van der Waals surface area contributed by atoms with Gasteiger partial charge >= 0.3 is 0 Å². The Morgan fingerprint density at radius 1 is 0.914 bits per heavy atom. The normalized spacial score (nSPS) is 11.5. The van der Waals surface area contributed by atoms with Crippen molar-refractivity contribution in [2.75, 3.05) is 13.1 Å². The summed E-state index contributed by atoms with van der Waals surface area (Å²) in [6.07, 6.45) is 0. The highest BCUT2D eigenvalue weighted by Gasteiger charge is 2.19. The second-order valence-electron chi connectivity index (χ2n) is 8.36. The molecule has 0 fully saturated rings. The predicted molar refractivity (Wildman–Crippen MR) is 136 cm³/mol. The number of fused-ring (bicyclic) bond motifs is 1. The quantitative estimate of drug-likeness (QED) is 0.380. The molecule has 0 aliphatic heterocycles. The number of sulfonamides is 1. The van der Waals surface area contributed by atoms with E-state index in [4.69, 9.17) is 4.42 Å². The summed E-state index contributed by atoms with van der Waals surface area (Å²) in [6.45, 7) is 5.31. The monoisotopic (exact) mass is 490 g/mol. The van der Waals surface area contributed by atoms with Crippen molar-refractivity contribution in [1.29, 1.82) is 0 Å². The summed E-state index contributed by atoms with van der Waals surface area (Å²) in [5, 5.41) is 3.02. The second kappa shape index (κ2) is 9.85. The van der Waals surface area contributed by atoms with Gasteiger partial charge in [-0.2, -0.15) is 0 Å². The molecular weight excluding hydrogens is 464 g/mol. The number of rotatable bonds is 7. The SMILES string of the molecule is Cc1ccc(C)c(S(=O)(=O)NCCNC(=O)c2cccc3c(=O)c(C)c(-c4ccccc4)oc23)c1. The van der Waals surface area contributed by atoms with E-state index in [1.165, 1.54) is 0 Å². The first-order chi connectivity index (χ1) is 16.7. The first-order valence-electron chi connectivity index (χ1n) is 11.2. The zero-order valence-corrected chi connectivity index (χ0v) is 20.5. The fourth-order valence-corrected chi connectivity index (χ4v) is 5.24. The number of para-hydroxylation sites is 1. The topological polar surface area (TPSA) is 105 Å². The van der Waals surface area contributed by atoms with Crippen LogP contribution in [0.4, 0.5) is 0 Å². The van der Waals surface area contributed by atoms with Gasteiger partial charge in [-0.15, -0.1) is 0 Å². The fourth-order valence-electron chi connectivity index (χ4n) is 3.88. The molecule has 4 rings (SSSR count). The highest BCUT2D eigenvalue weighted by atomic mass is 32.2. The Kier molecular flexibility index (Phi) is 6.86. The maximum absolute atomic E-state index is 13.0. The number of nitrogens with one attached hydrogen (secondary N) is 2. The first-order valence-corrected chi connectivity index (χ1v) is 12.6. The van der Waals surface area contributed by atoms with Crippen molar-refractivity contribution in [3.63, 3.8) is 0 Å². The fraction of sp³-hybridized carbons (Fsp3) is 0.185. The highest BCUT2D eigenvalue weighted by Crippen LogP contribution is 2.27. The Balaban J connectivity index is 1.54. The van der Waals surface area contributed by atoms with Crippen molar-refractivity contribution in [3.05, 3.63) is 99.2 Å². The van der Waals surface area contributed by atoms with Crippen molar-refractivity contribution < 1.29 is 17.6 Å². The molecule has 0 aliphatic rings. The Morgan fingerprint density at radius 3 is 2.40 bits per heavy atom. The van der Waals surface area contributed by atoms with Crippen molar-refractivity contribution in [2.45, 2.75) is 25.7 Å². The van der Waals surface area contributed by atoms with Crippen LogP contribution in [0.15, 0.2) is 80.8 Å². The van der Waals surface area contributed by atoms with Crippen LogP contribution < -0.4 is 15.5 Å². The molecule has 35 heavy (non-hydrogen) atoms. The zero-order valence-electron chi connectivity index (χ0n) is 19.7. The van der Waals surface area contributed by atoms with Gasteiger partial charge < -0.3 is 9.73 Å². The molecule has 1 aromatic heterocycles. The van der Waals surface area contributed by atoms with Crippen molar-refractivity contribution >= 4 is 26.9 Å². The second-order valence-corrected chi connectivity index (χ2v) is 10.1. The standard InChI is InChI=1S/C27H26N2O5S/c1-17-12-13-18(2)23(16-17)35(32,33)29-15-14-28-27(31)22-11-7-10-21-24(30)19(3)25(34-26(21)22)20-8-5-4-6-9-20/h4-13,16,29H,14-15H2,1-3H3,(H,28,31). The van der Waals surface area contributed by atoms with E-state index in [-0.39, 0.29) is 34.6 Å². The Morgan fingerprint density at radius 2 is 1.66 bits per heavy atom. The Bertz CT molecular complexity index is 1570. The summed E-state index contributed by atoms with van der Waals surface area (Å²) >= 11 is 0. The number of carbonyl (C=O) groups excluding carboxylic acids is 1. The van der Waals surface area contributed by atoms with Gasteiger partial charge in [-0.25, -0.2) is 13.1 Å². The Labute approximate surface area is 203 Å². The van der Waals surface area contributed by atoms with Gasteiger partial charge in [0.15, 0.2) is 11.0 Å². The molecule has 180 valence electrons. The summed E-state index contributed by atoms with van der Waals surface area (Å²) in [5.41, 5.74) is 2.86. The largest absolute Gasteiger partial charge is 0.455 e. The molecule has 0 saturated carbocycles. The molecule has 0 unspecified atom stereocenters. The van der Waals surface area contributed by atoms with Gasteiger partial charge in [0, 0.05) is 24.2 Å². The lowest BCUT2D eigenvalue weighted by atomic mass is 10.0. The summed E-state index contributed by atoms with van der Waals surface area (Å²) in [4.78, 5) is 26.1. The van der Waals surface area contributed by atoms with Gasteiger partial charge in [0.05, 0.1) is 15.8 Å². The molecule has 3 aromatic carbocycles. The average Bonchev–Trinajstić information content (AvgIpc) is 2.85. The van der Waals surface area contributed by atoms with Crippen LogP contribution in [0.25, 0.3) is 22.3 Å². The minimum Gasteiger partial charge on any atom is -0.455 e. The minimum absolute atomic E-state index is 0.00451. The summed E-state index contributed by atoms with van der Waals surface area (Å²) in [5.74, 6) is -0.0582. The molecule has 4 aromatic rings. The van der Waals surface area contributed by atoms with Crippen LogP contribution >= 0.6 is 0 Å². The van der Waals surface area contributed by atoms with E-state index in [1.807, 2.05) is 43.3 Å². The van der Waals surface area contributed by atoms with Crippen molar-refractivity contribution in [1.82, 2.24) is 10.0 Å². The number of carbonyl (C=O) groups is 1. The highest BCUT2D eigenvalue weighted by molar-refractivity contribution is 7.89. The third-order valence-electron chi connectivity index (χ3n) is 5.76. The van der Waals surface area contributed by atoms with E-state index >= 15 is 0 Å². The molecule has 0 radical (unpaired) electrons. The van der Waals surface area contributed by atoms with E-state index in [9.17, 15) is 18.0 Å². The third kappa shape index (κ3) is 5.03. The molecule has 1 heterocycles. The van der Waals surface area contributed by atoms with Crippen LogP contribution in [0.3, 0.4) is 0 Å². The lowest BCUT2D eigenvalue weighted by molar-refractivity contribution is 0.0955. The van der Waals surface area contributed by atoms with E-state index in [1.54, 1.807) is 44.2 Å². The molecule has 2 N–H and O–H groups in total. The van der Waals surface area contributed by atoms with Crippen LogP contribution in [0.5, 0.6) is 0 Å². The van der Waals surface area contributed by atoms with E-state index < -0.39 is 15.9 Å². The molecule has 0 saturated heterocycles. The Hall–Kier alpha value is -3.75. The number of aryl methyl sites for hydroxylation is 2. The lowest BCUT2D eigenvalue weighted by Gasteiger charge is -2.12. The van der Waals surface area contributed by atoms with Gasteiger partial charge in [0.25, 0.3) is 5.91 Å². The molecule has 0 atom stereocenters. The van der Waals surface area contributed by atoms with Gasteiger partial charge in [0.2, 0.25) is 10.0 Å². The molecule has 0 bridgehead atoms. The van der Waals surface area contributed by atoms with Gasteiger partial charge in [-0.1, -0.05) is 48.5 Å². The van der Waals surface area contributed by atoms with Crippen LogP contribution in [-0.4, -0.2) is 27.4 Å². The number of hydrogen-bond donors (Lipinski definition) is 2. The van der Waals surface area contributed by atoms with Crippen LogP contribution in [0.1, 0.15) is 27.0 Å². The van der Waals surface area contributed by atoms with Gasteiger partial charge in [0.1, 0.15) is 5.76 Å². The van der Waals surface area contributed by atoms with Crippen LogP contribution in [0.2, 0.25) is 0 Å². The minimum atomic E-state index is -3.72. The molecular formula is C27H26N2O5S. The van der Waals surface area contributed by atoms with E-state index in [0.29, 0.717) is 22.3 Å². The summed E-state index contributed by atoms with van der Waals surface area (Å²) in [6, 6.07) is 19.3. The van der Waals surface area contributed by atoms with E-state index in [0.717, 1.165) is 11.1 Å². The summed E-state index contributed by atoms with van der Waals surface area (Å²) in [7, 11) is -3.72. The molecule has 7 nitrogen and oxygen atoms in total. The molecule has 8 heteroatoms. The molecule has 0 spiro atoms.